The molecule has 1 aliphatic rings. The second kappa shape index (κ2) is 3.99. The molecule has 0 aromatic carbocycles. The normalized spacial score (nSPS) is 16.5. The zero-order valence-electron chi connectivity index (χ0n) is 8.17. The first kappa shape index (κ1) is 10.1. The minimum absolute atomic E-state index is 0.176. The summed E-state index contributed by atoms with van der Waals surface area (Å²) in [4.78, 5) is 20.2. The van der Waals surface area contributed by atoms with Gasteiger partial charge in [-0.1, -0.05) is 12.8 Å². The molecule has 15 heavy (non-hydrogen) atoms. The van der Waals surface area contributed by atoms with Crippen molar-refractivity contribution in [3.05, 3.63) is 32.2 Å². The Kier molecular flexibility index (Phi) is 2.69. The molecule has 0 atom stereocenters. The average molecular weight is 221 g/mol. The number of nitrogens with one attached hydrogen (secondary N) is 2. The van der Waals surface area contributed by atoms with E-state index in [-0.39, 0.29) is 11.2 Å². The Morgan fingerprint density at radius 2 is 2.00 bits per heavy atom. The van der Waals surface area contributed by atoms with Crippen LogP contribution in [0.5, 0.6) is 0 Å². The van der Waals surface area contributed by atoms with Crippen LogP contribution >= 0.6 is 12.2 Å². The molecule has 1 aromatic heterocycles. The maximum Gasteiger partial charge on any atom is 0.269 e. The SMILES string of the molecule is [C-]#[N+]c1c(C2CCCC2)[nH]c(=S)[nH]c1=O. The van der Waals surface area contributed by atoms with Crippen molar-refractivity contribution in [2.75, 3.05) is 0 Å². The summed E-state index contributed by atoms with van der Waals surface area (Å²) in [6, 6.07) is 0. The number of hydrogen-bond acceptors (Lipinski definition) is 2. The van der Waals surface area contributed by atoms with Crippen LogP contribution < -0.4 is 5.56 Å². The molecule has 4 nitrogen and oxygen atoms in total. The Balaban J connectivity index is 2.59. The fraction of sp³-hybridized carbons (Fsp3) is 0.500. The summed E-state index contributed by atoms with van der Waals surface area (Å²) in [7, 11) is 0. The smallest absolute Gasteiger partial charge is 0.269 e. The molecule has 0 bridgehead atoms. The second-order valence-electron chi connectivity index (χ2n) is 3.76. The molecule has 0 aliphatic heterocycles. The molecule has 0 unspecified atom stereocenters. The van der Waals surface area contributed by atoms with Crippen LogP contribution in [0.15, 0.2) is 4.79 Å². The van der Waals surface area contributed by atoms with Gasteiger partial charge in [-0.3, -0.25) is 4.79 Å². The highest BCUT2D eigenvalue weighted by atomic mass is 32.1. The van der Waals surface area contributed by atoms with E-state index in [0.29, 0.717) is 10.7 Å². The second-order valence-corrected chi connectivity index (χ2v) is 4.17. The summed E-state index contributed by atoms with van der Waals surface area (Å²) < 4.78 is 0.314. The van der Waals surface area contributed by atoms with Crippen molar-refractivity contribution in [1.82, 2.24) is 9.97 Å². The Labute approximate surface area is 92.2 Å². The first-order valence-corrected chi connectivity index (χ1v) is 5.37. The van der Waals surface area contributed by atoms with Gasteiger partial charge in [-0.15, -0.1) is 0 Å². The molecular formula is C10H11N3OS. The molecule has 0 saturated heterocycles. The molecule has 1 heterocycles. The van der Waals surface area contributed by atoms with Crippen LogP contribution in [0.2, 0.25) is 0 Å². The van der Waals surface area contributed by atoms with E-state index >= 15 is 0 Å². The van der Waals surface area contributed by atoms with Crippen LogP contribution in [0.4, 0.5) is 5.69 Å². The predicted octanol–water partition coefficient (Wildman–Crippen LogP) is 2.64. The van der Waals surface area contributed by atoms with E-state index in [4.69, 9.17) is 18.8 Å². The Morgan fingerprint density at radius 1 is 1.33 bits per heavy atom. The van der Waals surface area contributed by atoms with Gasteiger partial charge in [0.2, 0.25) is 0 Å². The predicted molar refractivity (Wildman–Crippen MR) is 59.7 cm³/mol. The Hall–Kier alpha value is -1.41. The highest BCUT2D eigenvalue weighted by molar-refractivity contribution is 7.71. The molecule has 0 radical (unpaired) electrons. The van der Waals surface area contributed by atoms with Crippen molar-refractivity contribution in [3.63, 3.8) is 0 Å². The standard InChI is InChI=1S/C10H11N3OS/c1-11-8-7(6-4-2-3-5-6)12-10(15)13-9(8)14/h6H,2-5H2,(H2,12,13,14,15). The van der Waals surface area contributed by atoms with Crippen LogP contribution in [0.1, 0.15) is 37.3 Å². The third kappa shape index (κ3) is 1.85. The third-order valence-electron chi connectivity index (χ3n) is 2.82. The first-order chi connectivity index (χ1) is 7.22. The highest BCUT2D eigenvalue weighted by Crippen LogP contribution is 2.35. The molecule has 1 aromatic rings. The van der Waals surface area contributed by atoms with Crippen LogP contribution in [-0.2, 0) is 0 Å². The van der Waals surface area contributed by atoms with Gasteiger partial charge < -0.3 is 9.97 Å². The molecule has 0 amide bonds. The molecule has 1 aliphatic carbocycles. The number of aromatic nitrogens is 2. The van der Waals surface area contributed by atoms with Gasteiger partial charge in [0.1, 0.15) is 0 Å². The van der Waals surface area contributed by atoms with Crippen LogP contribution in [0.25, 0.3) is 4.85 Å². The van der Waals surface area contributed by atoms with Gasteiger partial charge in [-0.2, -0.15) is 0 Å². The summed E-state index contributed by atoms with van der Waals surface area (Å²) in [5, 5.41) is 0. The van der Waals surface area contributed by atoms with Gasteiger partial charge in [0.25, 0.3) is 11.2 Å². The zero-order valence-corrected chi connectivity index (χ0v) is 8.99. The van der Waals surface area contributed by atoms with Gasteiger partial charge in [-0.05, 0) is 31.0 Å². The van der Waals surface area contributed by atoms with Crippen LogP contribution in [0.3, 0.4) is 0 Å². The molecular weight excluding hydrogens is 210 g/mol. The van der Waals surface area contributed by atoms with Crippen molar-refractivity contribution < 1.29 is 0 Å². The fourth-order valence-corrected chi connectivity index (χ4v) is 2.32. The largest absolute Gasteiger partial charge is 0.345 e. The van der Waals surface area contributed by atoms with Crippen molar-refractivity contribution in [1.29, 1.82) is 0 Å². The van der Waals surface area contributed by atoms with Gasteiger partial charge in [-0.25, -0.2) is 4.85 Å². The average Bonchev–Trinajstić information content (AvgIpc) is 2.69. The quantitative estimate of drug-likeness (QED) is 0.565. The number of hydrogen-bond donors (Lipinski definition) is 2. The lowest BCUT2D eigenvalue weighted by Crippen LogP contribution is -2.11. The maximum absolute atomic E-state index is 11.5. The van der Waals surface area contributed by atoms with Crippen LogP contribution in [-0.4, -0.2) is 9.97 Å². The maximum atomic E-state index is 11.5. The summed E-state index contributed by atoms with van der Waals surface area (Å²) in [6.07, 6.45) is 4.40. The van der Waals surface area contributed by atoms with E-state index in [9.17, 15) is 4.79 Å². The van der Waals surface area contributed by atoms with E-state index < -0.39 is 0 Å². The van der Waals surface area contributed by atoms with E-state index in [1.807, 2.05) is 0 Å². The molecule has 1 saturated carbocycles. The molecule has 0 spiro atoms. The van der Waals surface area contributed by atoms with E-state index in [1.54, 1.807) is 0 Å². The Morgan fingerprint density at radius 3 is 2.60 bits per heavy atom. The summed E-state index contributed by atoms with van der Waals surface area (Å²) in [6.45, 7) is 7.01. The van der Waals surface area contributed by atoms with Gasteiger partial charge >= 0.3 is 0 Å². The summed E-state index contributed by atoms with van der Waals surface area (Å²) in [5.41, 5.74) is 0.544. The molecule has 2 rings (SSSR count). The number of nitrogens with zero attached hydrogens (tertiary/aromatic N) is 1. The lowest BCUT2D eigenvalue weighted by Gasteiger charge is -2.10. The van der Waals surface area contributed by atoms with Gasteiger partial charge in [0.15, 0.2) is 4.77 Å². The summed E-state index contributed by atoms with van der Waals surface area (Å²) >= 11 is 4.92. The molecule has 5 heteroatoms. The molecule has 1 fully saturated rings. The zero-order chi connectivity index (χ0) is 10.8. The van der Waals surface area contributed by atoms with Crippen molar-refractivity contribution in [2.24, 2.45) is 0 Å². The third-order valence-corrected chi connectivity index (χ3v) is 3.02. The van der Waals surface area contributed by atoms with Crippen molar-refractivity contribution >= 4 is 17.9 Å². The van der Waals surface area contributed by atoms with Gasteiger partial charge in [0, 0.05) is 5.69 Å². The monoisotopic (exact) mass is 221 g/mol. The number of aromatic amines is 2. The summed E-state index contributed by atoms with van der Waals surface area (Å²) in [5.74, 6) is 0.304. The lowest BCUT2D eigenvalue weighted by molar-refractivity contribution is 0.694. The van der Waals surface area contributed by atoms with Crippen molar-refractivity contribution in [2.45, 2.75) is 31.6 Å². The lowest BCUT2D eigenvalue weighted by atomic mass is 10.0. The van der Waals surface area contributed by atoms with Gasteiger partial charge in [0.05, 0.1) is 6.57 Å². The van der Waals surface area contributed by atoms with Crippen LogP contribution in [0, 0.1) is 11.3 Å². The Bertz CT molecular complexity index is 517. The number of rotatable bonds is 1. The van der Waals surface area contributed by atoms with E-state index in [0.717, 1.165) is 31.4 Å². The minimum atomic E-state index is -0.365. The number of H-pyrrole nitrogens is 2. The fourth-order valence-electron chi connectivity index (χ4n) is 2.12. The van der Waals surface area contributed by atoms with Crippen molar-refractivity contribution in [3.8, 4) is 0 Å². The minimum Gasteiger partial charge on any atom is -0.345 e. The topological polar surface area (TPSA) is 53.0 Å². The molecule has 2 N–H and O–H groups in total. The molecule has 78 valence electrons. The van der Waals surface area contributed by atoms with E-state index in [1.165, 1.54) is 0 Å². The highest BCUT2D eigenvalue weighted by Gasteiger charge is 2.22. The van der Waals surface area contributed by atoms with E-state index in [2.05, 4.69) is 14.8 Å². The first-order valence-electron chi connectivity index (χ1n) is 4.96.